The summed E-state index contributed by atoms with van der Waals surface area (Å²) in [6, 6.07) is 9.02. The zero-order valence-corrected chi connectivity index (χ0v) is 13.9. The largest absolute Gasteiger partial charge is 0.489 e. The molecule has 6 nitrogen and oxygen atoms in total. The minimum absolute atomic E-state index is 0.158. The molecule has 2 aromatic rings. The van der Waals surface area contributed by atoms with Crippen LogP contribution in [0.5, 0.6) is 5.75 Å². The molecule has 0 spiro atoms. The third kappa shape index (κ3) is 3.98. The lowest BCUT2D eigenvalue weighted by Gasteiger charge is -2.21. The fourth-order valence-corrected chi connectivity index (χ4v) is 2.36. The number of anilines is 1. The van der Waals surface area contributed by atoms with Crippen LogP contribution in [0.1, 0.15) is 11.1 Å². The number of nitrogens with two attached hydrogens (primary N) is 2. The second-order valence-electron chi connectivity index (χ2n) is 4.76. The molecule has 0 aliphatic rings. The third-order valence-corrected chi connectivity index (χ3v) is 3.87. The van der Waals surface area contributed by atoms with E-state index in [9.17, 15) is 9.18 Å². The Morgan fingerprint density at radius 3 is 2.78 bits per heavy atom. The standard InChI is InChI=1S/C15H16BrFN4O2/c1-9-3-2-4-14(21(19)15(22)20-18)11(9)8-23-10-5-6-13(17)12(16)7-10/h2-7H,8,18-19H2,1H3,(H,20,22). The summed E-state index contributed by atoms with van der Waals surface area (Å²) in [7, 11) is 0. The lowest BCUT2D eigenvalue weighted by molar-refractivity contribution is 0.246. The van der Waals surface area contributed by atoms with Crippen molar-refractivity contribution in [2.24, 2.45) is 11.7 Å². The summed E-state index contributed by atoms with van der Waals surface area (Å²) in [6.45, 7) is 2.03. The number of carbonyl (C=O) groups excluding carboxylic acids is 1. The zero-order valence-electron chi connectivity index (χ0n) is 12.3. The topological polar surface area (TPSA) is 93.6 Å². The van der Waals surface area contributed by atoms with Gasteiger partial charge in [0, 0.05) is 5.56 Å². The molecule has 0 heterocycles. The molecule has 23 heavy (non-hydrogen) atoms. The van der Waals surface area contributed by atoms with E-state index in [4.69, 9.17) is 16.4 Å². The molecule has 0 saturated carbocycles. The molecule has 2 rings (SSSR count). The van der Waals surface area contributed by atoms with Crippen molar-refractivity contribution in [3.05, 3.63) is 57.8 Å². The number of nitrogens with zero attached hydrogens (tertiary/aromatic N) is 1. The number of carbonyl (C=O) groups is 1. The molecule has 122 valence electrons. The summed E-state index contributed by atoms with van der Waals surface area (Å²) in [4.78, 5) is 11.6. The van der Waals surface area contributed by atoms with Crippen LogP contribution in [0.3, 0.4) is 0 Å². The van der Waals surface area contributed by atoms with Gasteiger partial charge in [-0.05, 0) is 52.7 Å². The molecular formula is C15H16BrFN4O2. The number of rotatable bonds is 4. The molecule has 2 amide bonds. The van der Waals surface area contributed by atoms with Crippen molar-refractivity contribution < 1.29 is 13.9 Å². The molecule has 0 bridgehead atoms. The van der Waals surface area contributed by atoms with Crippen LogP contribution in [-0.4, -0.2) is 6.03 Å². The lowest BCUT2D eigenvalue weighted by atomic mass is 10.1. The first-order chi connectivity index (χ1) is 10.9. The highest BCUT2D eigenvalue weighted by Crippen LogP contribution is 2.26. The van der Waals surface area contributed by atoms with Crippen molar-refractivity contribution >= 4 is 27.6 Å². The number of hydrogen-bond donors (Lipinski definition) is 3. The van der Waals surface area contributed by atoms with Gasteiger partial charge >= 0.3 is 6.03 Å². The zero-order chi connectivity index (χ0) is 17.0. The molecule has 0 aromatic heterocycles. The highest BCUT2D eigenvalue weighted by Gasteiger charge is 2.16. The lowest BCUT2D eigenvalue weighted by Crippen LogP contribution is -2.48. The first-order valence-electron chi connectivity index (χ1n) is 6.65. The Hall–Kier alpha value is -2.16. The van der Waals surface area contributed by atoms with Crippen LogP contribution >= 0.6 is 15.9 Å². The van der Waals surface area contributed by atoms with E-state index < -0.39 is 6.03 Å². The van der Waals surface area contributed by atoms with E-state index >= 15 is 0 Å². The Morgan fingerprint density at radius 2 is 2.13 bits per heavy atom. The summed E-state index contributed by atoms with van der Waals surface area (Å²) in [5, 5.41) is 0.909. The molecule has 0 saturated heterocycles. The normalized spacial score (nSPS) is 10.3. The summed E-state index contributed by atoms with van der Waals surface area (Å²) in [6.07, 6.45) is 0. The van der Waals surface area contributed by atoms with Crippen molar-refractivity contribution in [1.29, 1.82) is 0 Å². The number of hydrazine groups is 2. The number of aryl methyl sites for hydroxylation is 1. The van der Waals surface area contributed by atoms with E-state index in [1.165, 1.54) is 18.2 Å². The summed E-state index contributed by atoms with van der Waals surface area (Å²) in [5.41, 5.74) is 4.05. The number of halogens is 2. The highest BCUT2D eigenvalue weighted by atomic mass is 79.9. The van der Waals surface area contributed by atoms with Gasteiger partial charge in [0.05, 0.1) is 10.2 Å². The Balaban J connectivity index is 2.25. The highest BCUT2D eigenvalue weighted by molar-refractivity contribution is 9.10. The van der Waals surface area contributed by atoms with Gasteiger partial charge in [-0.15, -0.1) is 0 Å². The van der Waals surface area contributed by atoms with Gasteiger partial charge in [0.1, 0.15) is 18.2 Å². The smallest absolute Gasteiger partial charge is 0.350 e. The fourth-order valence-electron chi connectivity index (χ4n) is 2.00. The van der Waals surface area contributed by atoms with Gasteiger partial charge in [0.15, 0.2) is 0 Å². The Kier molecular flexibility index (Phi) is 5.54. The Morgan fingerprint density at radius 1 is 1.39 bits per heavy atom. The second-order valence-corrected chi connectivity index (χ2v) is 5.61. The minimum atomic E-state index is -0.652. The summed E-state index contributed by atoms with van der Waals surface area (Å²) < 4.78 is 19.2. The number of benzene rings is 2. The van der Waals surface area contributed by atoms with E-state index in [1.807, 2.05) is 18.4 Å². The Labute approximate surface area is 141 Å². The molecule has 0 fully saturated rings. The molecule has 0 unspecified atom stereocenters. The van der Waals surface area contributed by atoms with Crippen molar-refractivity contribution in [3.8, 4) is 5.75 Å². The molecular weight excluding hydrogens is 367 g/mol. The van der Waals surface area contributed by atoms with E-state index in [0.717, 1.165) is 16.1 Å². The van der Waals surface area contributed by atoms with Gasteiger partial charge in [-0.25, -0.2) is 25.9 Å². The van der Waals surface area contributed by atoms with E-state index in [-0.39, 0.29) is 12.4 Å². The average Bonchev–Trinajstić information content (AvgIpc) is 2.55. The summed E-state index contributed by atoms with van der Waals surface area (Å²) >= 11 is 3.10. The number of nitrogens with one attached hydrogen (secondary N) is 1. The van der Waals surface area contributed by atoms with Gasteiger partial charge in [-0.3, -0.25) is 5.43 Å². The van der Waals surface area contributed by atoms with Crippen molar-refractivity contribution in [2.45, 2.75) is 13.5 Å². The van der Waals surface area contributed by atoms with Gasteiger partial charge in [0.25, 0.3) is 0 Å². The van der Waals surface area contributed by atoms with E-state index in [2.05, 4.69) is 15.9 Å². The third-order valence-electron chi connectivity index (χ3n) is 3.26. The monoisotopic (exact) mass is 382 g/mol. The average molecular weight is 383 g/mol. The maximum atomic E-state index is 13.2. The maximum absolute atomic E-state index is 13.2. The van der Waals surface area contributed by atoms with Gasteiger partial charge < -0.3 is 4.74 Å². The SMILES string of the molecule is Cc1cccc(N(N)C(=O)NN)c1COc1ccc(F)c(Br)c1. The van der Waals surface area contributed by atoms with Gasteiger partial charge in [-0.1, -0.05) is 12.1 Å². The number of urea groups is 1. The number of amides is 2. The van der Waals surface area contributed by atoms with Crippen LogP contribution < -0.4 is 26.9 Å². The molecule has 0 aliphatic carbocycles. The number of ether oxygens (including phenoxy) is 1. The fraction of sp³-hybridized carbons (Fsp3) is 0.133. The molecule has 5 N–H and O–H groups in total. The first-order valence-corrected chi connectivity index (χ1v) is 7.45. The minimum Gasteiger partial charge on any atom is -0.489 e. The second kappa shape index (κ2) is 7.40. The molecule has 0 radical (unpaired) electrons. The molecule has 0 atom stereocenters. The van der Waals surface area contributed by atoms with E-state index in [0.29, 0.717) is 15.9 Å². The van der Waals surface area contributed by atoms with Crippen LogP contribution in [-0.2, 0) is 6.61 Å². The van der Waals surface area contributed by atoms with Crippen LogP contribution in [0.2, 0.25) is 0 Å². The van der Waals surface area contributed by atoms with Crippen LogP contribution in [0.25, 0.3) is 0 Å². The molecule has 8 heteroatoms. The van der Waals surface area contributed by atoms with Crippen molar-refractivity contribution in [1.82, 2.24) is 5.43 Å². The quantitative estimate of drug-likeness (QED) is 0.430. The predicted octanol–water partition coefficient (Wildman–Crippen LogP) is 2.74. The Bertz CT molecular complexity index is 727. The van der Waals surface area contributed by atoms with Crippen LogP contribution in [0.4, 0.5) is 14.9 Å². The summed E-state index contributed by atoms with van der Waals surface area (Å²) in [5.74, 6) is 11.0. The van der Waals surface area contributed by atoms with Crippen molar-refractivity contribution in [2.75, 3.05) is 5.01 Å². The maximum Gasteiger partial charge on any atom is 0.350 e. The molecule has 2 aromatic carbocycles. The van der Waals surface area contributed by atoms with E-state index in [1.54, 1.807) is 12.1 Å². The van der Waals surface area contributed by atoms with Crippen molar-refractivity contribution in [3.63, 3.8) is 0 Å². The first kappa shape index (κ1) is 17.2. The predicted molar refractivity (Wildman–Crippen MR) is 89.0 cm³/mol. The molecule has 0 aliphatic heterocycles. The van der Waals surface area contributed by atoms with Gasteiger partial charge in [-0.2, -0.15) is 0 Å². The van der Waals surface area contributed by atoms with Crippen LogP contribution in [0.15, 0.2) is 40.9 Å². The van der Waals surface area contributed by atoms with Gasteiger partial charge in [0.2, 0.25) is 0 Å². The number of hydrogen-bond acceptors (Lipinski definition) is 4. The van der Waals surface area contributed by atoms with Crippen LogP contribution in [0, 0.1) is 12.7 Å².